The number of amides is 1. The number of ether oxygens (including phenoxy) is 8. The fraction of sp³-hybridized carbons (Fsp3) is 0.857. The van der Waals surface area contributed by atoms with Gasteiger partial charge in [-0.05, 0) is 39.2 Å². The molecule has 1 atom stereocenters. The van der Waals surface area contributed by atoms with Crippen LogP contribution in [-0.2, 0) is 61.9 Å². The number of hydrogen-bond acceptors (Lipinski definition) is 16. The van der Waals surface area contributed by atoms with Gasteiger partial charge in [-0.1, -0.05) is 28.0 Å². The number of primary amides is 1. The molecule has 1 heterocycles. The van der Waals surface area contributed by atoms with Gasteiger partial charge in [0.15, 0.2) is 5.78 Å². The van der Waals surface area contributed by atoms with Crippen LogP contribution < -0.4 is 11.5 Å². The average molecular weight is 783 g/mol. The Labute approximate surface area is 316 Å². The molecule has 1 amide bonds. The van der Waals surface area contributed by atoms with Crippen molar-refractivity contribution in [2.75, 3.05) is 112 Å². The van der Waals surface area contributed by atoms with E-state index >= 15 is 0 Å². The molecule has 1 aliphatic rings. The Hall–Kier alpha value is -1.51. The van der Waals surface area contributed by atoms with Gasteiger partial charge < -0.3 is 54.2 Å². The van der Waals surface area contributed by atoms with Gasteiger partial charge in [0.1, 0.15) is 17.3 Å². The first-order valence-corrected chi connectivity index (χ1v) is 20.4. The molecule has 1 saturated heterocycles. The van der Waals surface area contributed by atoms with E-state index in [-0.39, 0.29) is 61.5 Å². The lowest BCUT2D eigenvalue weighted by Crippen LogP contribution is -2.36. The average Bonchev–Trinajstić information content (AvgIpc) is 3.94. The Balaban J connectivity index is 1.98. The third-order valence-corrected chi connectivity index (χ3v) is 10.5. The van der Waals surface area contributed by atoms with Crippen LogP contribution in [0.2, 0.25) is 0 Å². The number of carbonyl (C=O) groups excluding carboxylic acids is 5. The van der Waals surface area contributed by atoms with Gasteiger partial charge >= 0.3 is 0 Å². The third kappa shape index (κ3) is 26.3. The van der Waals surface area contributed by atoms with Crippen molar-refractivity contribution in [2.45, 2.75) is 75.2 Å². The summed E-state index contributed by atoms with van der Waals surface area (Å²) in [7, 11) is 2.36. The molecule has 1 aliphatic heterocycles. The maximum atomic E-state index is 12.9. The van der Waals surface area contributed by atoms with Crippen LogP contribution in [0, 0.1) is 5.92 Å². The molecule has 1 rings (SSSR count). The zero-order valence-corrected chi connectivity index (χ0v) is 32.6. The second kappa shape index (κ2) is 32.9. The van der Waals surface area contributed by atoms with Crippen molar-refractivity contribution in [3.05, 3.63) is 0 Å². The number of ketones is 4. The molecule has 0 radical (unpaired) electrons. The molecule has 1 fully saturated rings. The molecule has 1 unspecified atom stereocenters. The molecule has 0 spiro atoms. The molecule has 0 aromatic rings. The van der Waals surface area contributed by atoms with Crippen LogP contribution in [0.1, 0.15) is 71.1 Å². The molecular formula is C35H62N2O13S2. The number of carbonyl (C=O) groups is 5. The highest BCUT2D eigenvalue weighted by Gasteiger charge is 2.58. The van der Waals surface area contributed by atoms with Gasteiger partial charge in [-0.3, -0.25) is 19.2 Å². The topological polar surface area (TPSA) is 211 Å². The number of unbranched alkanes of at least 4 members (excludes halogenated alkanes) is 1. The molecule has 15 nitrogen and oxygen atoms in total. The Morgan fingerprint density at radius 1 is 0.538 bits per heavy atom. The van der Waals surface area contributed by atoms with Crippen molar-refractivity contribution in [1.82, 2.24) is 0 Å². The van der Waals surface area contributed by atoms with E-state index in [4.69, 9.17) is 49.4 Å². The van der Waals surface area contributed by atoms with E-state index in [1.54, 1.807) is 6.92 Å². The predicted molar refractivity (Wildman–Crippen MR) is 198 cm³/mol. The summed E-state index contributed by atoms with van der Waals surface area (Å²) >= 11 is 0. The molecule has 0 aromatic carbocycles. The van der Waals surface area contributed by atoms with Gasteiger partial charge in [0.05, 0.1) is 92.5 Å². The van der Waals surface area contributed by atoms with Crippen molar-refractivity contribution in [1.29, 1.82) is 0 Å². The highest BCUT2D eigenvalue weighted by molar-refractivity contribution is 8.94. The standard InChI is InChI=1S/C35H62N2O13S2/c1-29(38)6-4-12-43-16-20-47-24-26-49-22-18-45-14-9-31(39)28-30(7-2-3-11-36)32(40)8-5-13-44-17-21-48-25-27-50-23-19-46-15-10-33(41)35(34(37)42)51-52-35/h30H,2-28,36H2,1H3,(H2,37,42). The zero-order valence-electron chi connectivity index (χ0n) is 30.9. The smallest absolute Gasteiger partial charge is 0.253 e. The quantitative estimate of drug-likeness (QED) is 0.0395. The number of hydrogen-bond donors (Lipinski definition) is 2. The number of rotatable bonds is 41. The van der Waals surface area contributed by atoms with Crippen molar-refractivity contribution in [2.24, 2.45) is 17.4 Å². The van der Waals surface area contributed by atoms with Crippen LogP contribution in [-0.4, -0.2) is 145 Å². The minimum absolute atomic E-state index is 0.00672. The minimum atomic E-state index is -1.11. The van der Waals surface area contributed by atoms with Gasteiger partial charge in [-0.25, -0.2) is 0 Å². The van der Waals surface area contributed by atoms with Crippen LogP contribution >= 0.6 is 21.6 Å². The summed E-state index contributed by atoms with van der Waals surface area (Å²) in [5, 5.41) is 0. The second-order valence-electron chi connectivity index (χ2n) is 12.1. The summed E-state index contributed by atoms with van der Waals surface area (Å²) in [6.45, 7) is 8.43. The summed E-state index contributed by atoms with van der Waals surface area (Å²) in [5.74, 6) is -0.912. The van der Waals surface area contributed by atoms with E-state index in [9.17, 15) is 24.0 Å². The molecule has 0 aromatic heterocycles. The summed E-state index contributed by atoms with van der Waals surface area (Å²) < 4.78 is 42.6. The van der Waals surface area contributed by atoms with E-state index < -0.39 is 9.99 Å². The molecule has 0 aliphatic carbocycles. The first kappa shape index (κ1) is 48.5. The summed E-state index contributed by atoms with van der Waals surface area (Å²) in [4.78, 5) is 59.7. The first-order chi connectivity index (χ1) is 25.2. The molecule has 0 saturated carbocycles. The molecule has 4 N–H and O–H groups in total. The lowest BCUT2D eigenvalue weighted by Gasteiger charge is -2.15. The predicted octanol–water partition coefficient (Wildman–Crippen LogP) is 2.47. The normalized spacial score (nSPS) is 14.0. The lowest BCUT2D eigenvalue weighted by atomic mass is 9.89. The molecule has 17 heteroatoms. The van der Waals surface area contributed by atoms with Gasteiger partial charge in [-0.15, -0.1) is 0 Å². The van der Waals surface area contributed by atoms with E-state index in [0.717, 1.165) is 19.3 Å². The van der Waals surface area contributed by atoms with Crippen molar-refractivity contribution >= 4 is 50.6 Å². The van der Waals surface area contributed by atoms with Crippen LogP contribution in [0.25, 0.3) is 0 Å². The van der Waals surface area contributed by atoms with Crippen molar-refractivity contribution < 1.29 is 61.9 Å². The highest BCUT2D eigenvalue weighted by Crippen LogP contribution is 2.65. The summed E-state index contributed by atoms with van der Waals surface area (Å²) in [6.07, 6.45) is 5.02. The van der Waals surface area contributed by atoms with Crippen LogP contribution in [0.15, 0.2) is 0 Å². The maximum Gasteiger partial charge on any atom is 0.253 e. The highest BCUT2D eigenvalue weighted by atomic mass is 33.2. The van der Waals surface area contributed by atoms with E-state index in [0.29, 0.717) is 125 Å². The molecule has 302 valence electrons. The fourth-order valence-corrected chi connectivity index (χ4v) is 6.60. The van der Waals surface area contributed by atoms with E-state index in [2.05, 4.69) is 0 Å². The maximum absolute atomic E-state index is 12.9. The lowest BCUT2D eigenvalue weighted by molar-refractivity contribution is -0.129. The van der Waals surface area contributed by atoms with Gasteiger partial charge in [-0.2, -0.15) is 0 Å². The largest absolute Gasteiger partial charge is 0.379 e. The Morgan fingerprint density at radius 2 is 0.962 bits per heavy atom. The molecular weight excluding hydrogens is 721 g/mol. The Kier molecular flexibility index (Phi) is 30.7. The SMILES string of the molecule is CC(=O)CCCOCCOCCOCCOCCC(=O)CC(CCCCN)C(=O)CCCOCCOCCOCCOCCC(=O)C1(C(N)=O)SS1. The summed E-state index contributed by atoms with van der Waals surface area (Å²) in [5.41, 5.74) is 10.9. The molecule has 0 bridgehead atoms. The van der Waals surface area contributed by atoms with Crippen LogP contribution in [0.5, 0.6) is 0 Å². The minimum Gasteiger partial charge on any atom is -0.379 e. The van der Waals surface area contributed by atoms with E-state index in [1.807, 2.05) is 0 Å². The monoisotopic (exact) mass is 782 g/mol. The summed E-state index contributed by atoms with van der Waals surface area (Å²) in [6, 6.07) is 0. The Morgan fingerprint density at radius 3 is 1.38 bits per heavy atom. The van der Waals surface area contributed by atoms with Crippen molar-refractivity contribution in [3.63, 3.8) is 0 Å². The van der Waals surface area contributed by atoms with Gasteiger partial charge in [0, 0.05) is 51.2 Å². The number of Topliss-reactive ketones (excluding diaryl/α,β-unsaturated/α-hetero) is 4. The van der Waals surface area contributed by atoms with E-state index in [1.165, 1.54) is 21.6 Å². The third-order valence-electron chi connectivity index (χ3n) is 7.64. The van der Waals surface area contributed by atoms with Gasteiger partial charge in [0.2, 0.25) is 4.08 Å². The van der Waals surface area contributed by atoms with Crippen LogP contribution in [0.3, 0.4) is 0 Å². The molecule has 52 heavy (non-hydrogen) atoms. The second-order valence-corrected chi connectivity index (χ2v) is 14.9. The zero-order chi connectivity index (χ0) is 38.1. The van der Waals surface area contributed by atoms with Crippen LogP contribution in [0.4, 0.5) is 0 Å². The number of nitrogens with two attached hydrogens (primary N) is 2. The Bertz CT molecular complexity index is 988. The first-order valence-electron chi connectivity index (χ1n) is 18.3. The fourth-order valence-electron chi connectivity index (χ4n) is 4.66. The van der Waals surface area contributed by atoms with Crippen molar-refractivity contribution in [3.8, 4) is 0 Å². The van der Waals surface area contributed by atoms with Gasteiger partial charge in [0.25, 0.3) is 5.91 Å².